The predicted octanol–water partition coefficient (Wildman–Crippen LogP) is 1.65. The molecule has 0 spiro atoms. The van der Waals surface area contributed by atoms with Crippen LogP contribution in [0.2, 0.25) is 0 Å². The van der Waals surface area contributed by atoms with Gasteiger partial charge in [0.2, 0.25) is 0 Å². The predicted molar refractivity (Wildman–Crippen MR) is 84.9 cm³/mol. The Bertz CT molecular complexity index is 723. The first-order chi connectivity index (χ1) is 10.7. The number of rotatable bonds is 3. The van der Waals surface area contributed by atoms with Crippen LogP contribution in [0, 0.1) is 5.82 Å². The Morgan fingerprint density at radius 2 is 1.73 bits per heavy atom. The third-order valence-corrected chi connectivity index (χ3v) is 3.34. The normalized spacial score (nSPS) is 16.4. The molecule has 2 aliphatic heterocycles. The number of nitrogens with zero attached hydrogens (tertiary/aromatic N) is 4. The Balaban J connectivity index is 2.12. The van der Waals surface area contributed by atoms with E-state index in [1.165, 1.54) is 6.07 Å². The first kappa shape index (κ1) is 14.0. The van der Waals surface area contributed by atoms with E-state index in [-0.39, 0.29) is 17.9 Å². The molecule has 0 unspecified atom stereocenters. The molecule has 0 saturated heterocycles. The molecule has 0 atom stereocenters. The van der Waals surface area contributed by atoms with Crippen molar-refractivity contribution >= 4 is 29.7 Å². The van der Waals surface area contributed by atoms with E-state index in [2.05, 4.69) is 9.98 Å². The van der Waals surface area contributed by atoms with Gasteiger partial charge in [0, 0.05) is 24.8 Å². The fraction of sp³-hybridized carbons (Fsp3) is 0.133. The molecule has 0 aromatic heterocycles. The minimum absolute atomic E-state index is 0.147. The van der Waals surface area contributed by atoms with E-state index >= 15 is 0 Å². The van der Waals surface area contributed by atoms with Crippen LogP contribution in [0.15, 0.2) is 46.7 Å². The van der Waals surface area contributed by atoms with Crippen LogP contribution >= 0.6 is 0 Å². The van der Waals surface area contributed by atoms with Gasteiger partial charge in [-0.3, -0.25) is 14.8 Å². The van der Waals surface area contributed by atoms with Crippen molar-refractivity contribution in [2.45, 2.75) is 0 Å². The summed E-state index contributed by atoms with van der Waals surface area (Å²) in [5.41, 5.74) is 5.95. The Kier molecular flexibility index (Phi) is 3.69. The van der Waals surface area contributed by atoms with Crippen LogP contribution in [0.25, 0.3) is 0 Å². The van der Waals surface area contributed by atoms with E-state index in [4.69, 9.17) is 5.73 Å². The van der Waals surface area contributed by atoms with Gasteiger partial charge >= 0.3 is 0 Å². The molecule has 2 aliphatic rings. The van der Waals surface area contributed by atoms with Gasteiger partial charge < -0.3 is 15.5 Å². The summed E-state index contributed by atoms with van der Waals surface area (Å²) in [6.07, 6.45) is 10.3. The van der Waals surface area contributed by atoms with Crippen LogP contribution in [0.4, 0.5) is 15.8 Å². The van der Waals surface area contributed by atoms with Crippen LogP contribution in [0.3, 0.4) is 0 Å². The maximum atomic E-state index is 14.8. The second kappa shape index (κ2) is 5.80. The van der Waals surface area contributed by atoms with Gasteiger partial charge in [0.15, 0.2) is 5.82 Å². The number of carbonyl (C=O) groups excluding carboxylic acids is 1. The van der Waals surface area contributed by atoms with Crippen LogP contribution in [-0.4, -0.2) is 31.7 Å². The number of hydrogen-bond donors (Lipinski definition) is 1. The van der Waals surface area contributed by atoms with Gasteiger partial charge in [0.25, 0.3) is 5.91 Å². The maximum Gasteiger partial charge on any atom is 0.251 e. The number of hydrogen-bond acceptors (Lipinski definition) is 5. The zero-order valence-corrected chi connectivity index (χ0v) is 11.7. The number of nitrogens with two attached hydrogens (primary N) is 1. The first-order valence-electron chi connectivity index (χ1n) is 6.67. The van der Waals surface area contributed by atoms with Gasteiger partial charge in [0.05, 0.1) is 11.3 Å². The van der Waals surface area contributed by atoms with Crippen molar-refractivity contribution in [3.8, 4) is 0 Å². The van der Waals surface area contributed by atoms with Crippen molar-refractivity contribution in [2.75, 3.05) is 23.1 Å². The van der Waals surface area contributed by atoms with Gasteiger partial charge in [-0.25, -0.2) is 4.39 Å². The van der Waals surface area contributed by atoms with Crippen molar-refractivity contribution in [1.29, 1.82) is 0 Å². The number of aliphatic imine (C=N–C) groups is 2. The monoisotopic (exact) mass is 299 g/mol. The van der Waals surface area contributed by atoms with Crippen molar-refractivity contribution in [3.63, 3.8) is 0 Å². The molecule has 1 amide bonds. The van der Waals surface area contributed by atoms with Crippen molar-refractivity contribution in [3.05, 3.63) is 48.1 Å². The SMILES string of the molecule is NC(=O)c1ccc(N2C=CC=NC2)c(N2C=CC=NC2)c1F. The summed E-state index contributed by atoms with van der Waals surface area (Å²) >= 11 is 0. The minimum atomic E-state index is -0.804. The second-order valence-electron chi connectivity index (χ2n) is 4.73. The average Bonchev–Trinajstić information content (AvgIpc) is 2.55. The second-order valence-corrected chi connectivity index (χ2v) is 4.73. The van der Waals surface area contributed by atoms with Crippen LogP contribution < -0.4 is 15.5 Å². The Labute approximate surface area is 126 Å². The number of primary amides is 1. The van der Waals surface area contributed by atoms with Crippen molar-refractivity contribution < 1.29 is 9.18 Å². The number of benzene rings is 1. The highest BCUT2D eigenvalue weighted by Crippen LogP contribution is 2.35. The summed E-state index contributed by atoms with van der Waals surface area (Å²) in [6.45, 7) is 0.642. The first-order valence-corrected chi connectivity index (χ1v) is 6.67. The van der Waals surface area contributed by atoms with E-state index in [9.17, 15) is 9.18 Å². The summed E-state index contributed by atoms with van der Waals surface area (Å²) < 4.78 is 14.8. The third-order valence-electron chi connectivity index (χ3n) is 3.34. The molecule has 0 radical (unpaired) electrons. The van der Waals surface area contributed by atoms with Crippen molar-refractivity contribution in [1.82, 2.24) is 0 Å². The van der Waals surface area contributed by atoms with E-state index in [0.29, 0.717) is 12.4 Å². The average molecular weight is 299 g/mol. The molecule has 0 aliphatic carbocycles. The number of carbonyl (C=O) groups is 1. The lowest BCUT2D eigenvalue weighted by Crippen LogP contribution is -2.27. The number of anilines is 2. The van der Waals surface area contributed by atoms with Crippen LogP contribution in [0.1, 0.15) is 10.4 Å². The summed E-state index contributed by atoms with van der Waals surface area (Å²) in [6, 6.07) is 3.05. The zero-order valence-electron chi connectivity index (χ0n) is 11.7. The molecule has 2 heterocycles. The van der Waals surface area contributed by atoms with Crippen LogP contribution in [0.5, 0.6) is 0 Å². The number of halogens is 1. The van der Waals surface area contributed by atoms with Crippen LogP contribution in [-0.2, 0) is 0 Å². The molecule has 7 heteroatoms. The molecule has 2 N–H and O–H groups in total. The molecular weight excluding hydrogens is 285 g/mol. The number of allylic oxidation sites excluding steroid dienone is 2. The van der Waals surface area contributed by atoms with E-state index in [1.807, 2.05) is 0 Å². The molecule has 3 rings (SSSR count). The largest absolute Gasteiger partial charge is 0.366 e. The number of amides is 1. The molecule has 6 nitrogen and oxygen atoms in total. The highest BCUT2D eigenvalue weighted by molar-refractivity contribution is 5.96. The lowest BCUT2D eigenvalue weighted by Gasteiger charge is -2.29. The molecule has 0 saturated carbocycles. The van der Waals surface area contributed by atoms with E-state index < -0.39 is 11.7 Å². The molecular formula is C15H14FN5O. The van der Waals surface area contributed by atoms with Gasteiger partial charge in [0.1, 0.15) is 19.0 Å². The van der Waals surface area contributed by atoms with E-state index in [1.54, 1.807) is 52.8 Å². The summed E-state index contributed by atoms with van der Waals surface area (Å²) in [7, 11) is 0. The maximum absolute atomic E-state index is 14.8. The smallest absolute Gasteiger partial charge is 0.251 e. The quantitative estimate of drug-likeness (QED) is 0.922. The Hall–Kier alpha value is -2.96. The molecule has 112 valence electrons. The summed E-state index contributed by atoms with van der Waals surface area (Å²) in [4.78, 5) is 23.1. The molecule has 1 aromatic carbocycles. The Morgan fingerprint density at radius 3 is 2.27 bits per heavy atom. The van der Waals surface area contributed by atoms with Gasteiger partial charge in [-0.2, -0.15) is 0 Å². The fourth-order valence-electron chi connectivity index (χ4n) is 2.32. The fourth-order valence-corrected chi connectivity index (χ4v) is 2.32. The standard InChI is InChI=1S/C15H14FN5O/c16-13-11(15(17)22)3-4-12(20-7-1-5-18-9-20)14(13)21-8-2-6-19-10-21/h1-8H,9-10H2,(H2,17,22). The van der Waals surface area contributed by atoms with Gasteiger partial charge in [-0.05, 0) is 24.3 Å². The van der Waals surface area contributed by atoms with Gasteiger partial charge in [-0.1, -0.05) is 0 Å². The van der Waals surface area contributed by atoms with Gasteiger partial charge in [-0.15, -0.1) is 0 Å². The topological polar surface area (TPSA) is 74.3 Å². The highest BCUT2D eigenvalue weighted by Gasteiger charge is 2.23. The minimum Gasteiger partial charge on any atom is -0.366 e. The molecule has 22 heavy (non-hydrogen) atoms. The lowest BCUT2D eigenvalue weighted by molar-refractivity contribution is 0.0996. The Morgan fingerprint density at radius 1 is 1.09 bits per heavy atom. The molecule has 1 aromatic rings. The molecule has 0 bridgehead atoms. The highest BCUT2D eigenvalue weighted by atomic mass is 19.1. The lowest BCUT2D eigenvalue weighted by atomic mass is 10.1. The summed E-state index contributed by atoms with van der Waals surface area (Å²) in [5.74, 6) is -1.46. The van der Waals surface area contributed by atoms with Crippen molar-refractivity contribution in [2.24, 2.45) is 15.7 Å². The third kappa shape index (κ3) is 2.48. The zero-order chi connectivity index (χ0) is 15.5. The van der Waals surface area contributed by atoms with E-state index in [0.717, 1.165) is 0 Å². The summed E-state index contributed by atoms with van der Waals surface area (Å²) in [5, 5.41) is 0. The molecule has 0 fully saturated rings.